The van der Waals surface area contributed by atoms with Gasteiger partial charge in [0.1, 0.15) is 34.2 Å². The van der Waals surface area contributed by atoms with Crippen molar-refractivity contribution in [1.29, 1.82) is 0 Å². The Kier molecular flexibility index (Phi) is 5.51. The van der Waals surface area contributed by atoms with Gasteiger partial charge in [0.05, 0.1) is 6.61 Å². The van der Waals surface area contributed by atoms with Gasteiger partial charge in [0.2, 0.25) is 0 Å². The molecule has 0 bridgehead atoms. The van der Waals surface area contributed by atoms with Crippen LogP contribution in [-0.2, 0) is 0 Å². The zero-order valence-corrected chi connectivity index (χ0v) is 14.3. The van der Waals surface area contributed by atoms with Crippen molar-refractivity contribution in [2.24, 2.45) is 5.18 Å². The molecule has 28 heavy (non-hydrogen) atoms. The first-order valence-corrected chi connectivity index (χ1v) is 8.05. The predicted molar refractivity (Wildman–Crippen MR) is 96.7 cm³/mol. The average Bonchev–Trinajstić information content (AvgIpc) is 3.16. The Balaban J connectivity index is 1.95. The van der Waals surface area contributed by atoms with Crippen LogP contribution in [0.15, 0.2) is 52.2 Å². The summed E-state index contributed by atoms with van der Waals surface area (Å²) < 4.78 is 10.8. The Morgan fingerprint density at radius 3 is 2.61 bits per heavy atom. The van der Waals surface area contributed by atoms with E-state index >= 15 is 0 Å². The number of amides is 1. The number of aliphatic hydroxyl groups excluding tert-OH is 1. The summed E-state index contributed by atoms with van der Waals surface area (Å²) >= 11 is 0. The van der Waals surface area contributed by atoms with Crippen LogP contribution < -0.4 is 10.1 Å². The van der Waals surface area contributed by atoms with E-state index in [4.69, 9.17) is 14.4 Å². The van der Waals surface area contributed by atoms with Gasteiger partial charge in [-0.2, -0.15) is 0 Å². The number of aromatic hydroxyl groups is 2. The lowest BCUT2D eigenvalue weighted by Gasteiger charge is -2.11. The summed E-state index contributed by atoms with van der Waals surface area (Å²) in [7, 11) is 0. The lowest BCUT2D eigenvalue weighted by Crippen LogP contribution is -2.26. The number of nitrogens with zero attached hydrogens (tertiary/aromatic N) is 2. The molecule has 0 saturated heterocycles. The molecule has 0 saturated carbocycles. The second kappa shape index (κ2) is 8.18. The van der Waals surface area contributed by atoms with E-state index in [-0.39, 0.29) is 53.1 Å². The van der Waals surface area contributed by atoms with Crippen LogP contribution in [0, 0.1) is 4.91 Å². The molecule has 0 aliphatic carbocycles. The van der Waals surface area contributed by atoms with E-state index in [9.17, 15) is 19.9 Å². The number of aliphatic hydroxyl groups is 1. The Hall–Kier alpha value is -3.92. The molecular weight excluding hydrogens is 370 g/mol. The molecule has 0 unspecified atom stereocenters. The van der Waals surface area contributed by atoms with Gasteiger partial charge in [-0.25, -0.2) is 0 Å². The molecule has 0 fully saturated rings. The SMILES string of the molecule is O=Nc1ccc(Oc2cc(O)cc(O)c2-c2cc(C(=O)NCCO)no2)cc1. The molecular formula is C18H15N3O7. The largest absolute Gasteiger partial charge is 0.508 e. The zero-order chi connectivity index (χ0) is 20.1. The number of nitrogens with one attached hydrogen (secondary N) is 1. The number of nitroso groups, excluding NO2 is 1. The number of phenolic OH excluding ortho intramolecular Hbond substituents is 2. The maximum Gasteiger partial charge on any atom is 0.273 e. The summed E-state index contributed by atoms with van der Waals surface area (Å²) in [4.78, 5) is 22.4. The molecule has 0 atom stereocenters. The van der Waals surface area contributed by atoms with Crippen molar-refractivity contribution in [3.63, 3.8) is 0 Å². The standard InChI is InChI=1S/C18H15N3O7/c22-6-5-19-18(25)13-9-16(28-21-13)17-14(24)7-11(23)8-15(17)27-12-3-1-10(20-26)2-4-12/h1-4,7-9,22-24H,5-6H2,(H,19,25). The number of ether oxygens (including phenoxy) is 1. The van der Waals surface area contributed by atoms with Crippen LogP contribution in [0.4, 0.5) is 5.69 Å². The fourth-order valence-corrected chi connectivity index (χ4v) is 2.38. The smallest absolute Gasteiger partial charge is 0.273 e. The van der Waals surface area contributed by atoms with E-state index in [1.165, 1.54) is 36.4 Å². The normalized spacial score (nSPS) is 10.5. The van der Waals surface area contributed by atoms with E-state index in [1.807, 2.05) is 0 Å². The molecule has 0 spiro atoms. The highest BCUT2D eigenvalue weighted by Gasteiger charge is 2.21. The fourth-order valence-electron chi connectivity index (χ4n) is 2.38. The minimum absolute atomic E-state index is 0.0211. The molecule has 1 aromatic heterocycles. The highest BCUT2D eigenvalue weighted by atomic mass is 16.5. The van der Waals surface area contributed by atoms with Gasteiger partial charge >= 0.3 is 0 Å². The third-order valence-electron chi connectivity index (χ3n) is 3.62. The molecule has 144 valence electrons. The maximum atomic E-state index is 11.9. The van der Waals surface area contributed by atoms with Gasteiger partial charge in [-0.1, -0.05) is 5.16 Å². The second-order valence-electron chi connectivity index (χ2n) is 5.58. The molecule has 1 amide bonds. The lowest BCUT2D eigenvalue weighted by atomic mass is 10.1. The number of carbonyl (C=O) groups excluding carboxylic acids is 1. The number of rotatable bonds is 7. The predicted octanol–water partition coefficient (Wildman–Crippen LogP) is 2.67. The van der Waals surface area contributed by atoms with Crippen molar-refractivity contribution in [3.05, 3.63) is 53.1 Å². The van der Waals surface area contributed by atoms with Gasteiger partial charge in [0.25, 0.3) is 5.91 Å². The van der Waals surface area contributed by atoms with Gasteiger partial charge in [-0.3, -0.25) is 4.79 Å². The molecule has 0 aliphatic rings. The summed E-state index contributed by atoms with van der Waals surface area (Å²) in [5.41, 5.74) is 0.201. The van der Waals surface area contributed by atoms with Gasteiger partial charge < -0.3 is 29.9 Å². The van der Waals surface area contributed by atoms with Gasteiger partial charge in [-0.05, 0) is 29.4 Å². The van der Waals surface area contributed by atoms with Crippen molar-refractivity contribution >= 4 is 11.6 Å². The first kappa shape index (κ1) is 18.9. The summed E-state index contributed by atoms with van der Waals surface area (Å²) in [6.45, 7) is -0.183. The molecule has 10 nitrogen and oxygen atoms in total. The number of hydrogen-bond acceptors (Lipinski definition) is 9. The van der Waals surface area contributed by atoms with Crippen LogP contribution in [0.5, 0.6) is 23.0 Å². The Labute approximate surface area is 158 Å². The van der Waals surface area contributed by atoms with E-state index in [0.29, 0.717) is 5.75 Å². The topological polar surface area (TPSA) is 154 Å². The first-order valence-electron chi connectivity index (χ1n) is 8.05. The summed E-state index contributed by atoms with van der Waals surface area (Å²) in [5.74, 6) is -0.834. The average molecular weight is 385 g/mol. The highest BCUT2D eigenvalue weighted by molar-refractivity contribution is 5.93. The quantitative estimate of drug-likeness (QED) is 0.453. The third kappa shape index (κ3) is 4.07. The van der Waals surface area contributed by atoms with Crippen LogP contribution in [0.2, 0.25) is 0 Å². The Morgan fingerprint density at radius 2 is 1.93 bits per heavy atom. The van der Waals surface area contributed by atoms with Crippen molar-refractivity contribution < 1.29 is 29.4 Å². The fraction of sp³-hybridized carbons (Fsp3) is 0.111. The maximum absolute atomic E-state index is 11.9. The van der Waals surface area contributed by atoms with Gasteiger partial charge in [-0.15, -0.1) is 4.91 Å². The van der Waals surface area contributed by atoms with Crippen molar-refractivity contribution in [2.75, 3.05) is 13.2 Å². The summed E-state index contributed by atoms with van der Waals surface area (Å²) in [6, 6.07) is 9.44. The Morgan fingerprint density at radius 1 is 1.18 bits per heavy atom. The summed E-state index contributed by atoms with van der Waals surface area (Å²) in [5, 5.41) is 37.7. The van der Waals surface area contributed by atoms with E-state index in [0.717, 1.165) is 6.07 Å². The van der Waals surface area contributed by atoms with Crippen LogP contribution in [0.25, 0.3) is 11.3 Å². The number of carbonyl (C=O) groups is 1. The van der Waals surface area contributed by atoms with E-state index in [2.05, 4.69) is 15.7 Å². The molecule has 0 radical (unpaired) electrons. The third-order valence-corrected chi connectivity index (χ3v) is 3.62. The minimum Gasteiger partial charge on any atom is -0.508 e. The second-order valence-corrected chi connectivity index (χ2v) is 5.58. The van der Waals surface area contributed by atoms with Crippen LogP contribution >= 0.6 is 0 Å². The molecule has 3 aromatic rings. The monoisotopic (exact) mass is 385 g/mol. The van der Waals surface area contributed by atoms with E-state index in [1.54, 1.807) is 0 Å². The van der Waals surface area contributed by atoms with Crippen molar-refractivity contribution in [2.45, 2.75) is 0 Å². The molecule has 2 aromatic carbocycles. The lowest BCUT2D eigenvalue weighted by molar-refractivity contribution is 0.0936. The van der Waals surface area contributed by atoms with Crippen LogP contribution in [-0.4, -0.2) is 39.5 Å². The number of phenols is 2. The number of hydrogen-bond donors (Lipinski definition) is 4. The van der Waals surface area contributed by atoms with Crippen LogP contribution in [0.1, 0.15) is 10.5 Å². The van der Waals surface area contributed by atoms with Crippen molar-refractivity contribution in [1.82, 2.24) is 10.5 Å². The molecule has 10 heteroatoms. The van der Waals surface area contributed by atoms with Gasteiger partial charge in [0.15, 0.2) is 11.5 Å². The molecule has 4 N–H and O–H groups in total. The summed E-state index contributed by atoms with van der Waals surface area (Å²) in [6.07, 6.45) is 0. The molecule has 1 heterocycles. The minimum atomic E-state index is -0.568. The van der Waals surface area contributed by atoms with Crippen LogP contribution in [0.3, 0.4) is 0 Å². The number of benzene rings is 2. The van der Waals surface area contributed by atoms with Crippen molar-refractivity contribution in [3.8, 4) is 34.3 Å². The van der Waals surface area contributed by atoms with Gasteiger partial charge in [0, 0.05) is 24.7 Å². The Bertz CT molecular complexity index is 999. The molecule has 3 rings (SSSR count). The first-order chi connectivity index (χ1) is 13.5. The zero-order valence-electron chi connectivity index (χ0n) is 14.3. The van der Waals surface area contributed by atoms with E-state index < -0.39 is 5.91 Å². The number of aromatic nitrogens is 1. The molecule has 0 aliphatic heterocycles. The highest BCUT2D eigenvalue weighted by Crippen LogP contribution is 2.43.